The van der Waals surface area contributed by atoms with Crippen molar-refractivity contribution in [2.75, 3.05) is 20.8 Å². The molecule has 1 fully saturated rings. The molecule has 142 valence electrons. The average Bonchev–Trinajstić information content (AvgIpc) is 3.15. The third-order valence-corrected chi connectivity index (χ3v) is 5.51. The molecule has 2 heterocycles. The summed E-state index contributed by atoms with van der Waals surface area (Å²) < 4.78 is 2.18. The number of fused-ring (bicyclic) bond motifs is 1. The van der Waals surface area contributed by atoms with Crippen LogP contribution < -0.4 is 0 Å². The number of rotatable bonds is 5. The summed E-state index contributed by atoms with van der Waals surface area (Å²) in [5.74, 6) is -0.233. The maximum Gasteiger partial charge on any atom is 0.294 e. The number of thioether (sulfide) groups is 1. The van der Waals surface area contributed by atoms with Crippen molar-refractivity contribution in [1.29, 1.82) is 0 Å². The van der Waals surface area contributed by atoms with E-state index in [1.165, 1.54) is 10.5 Å². The number of imide groups is 1. The van der Waals surface area contributed by atoms with Gasteiger partial charge in [-0.25, -0.2) is 0 Å². The molecule has 0 unspecified atom stereocenters. The first-order valence-corrected chi connectivity index (χ1v) is 9.86. The van der Waals surface area contributed by atoms with Crippen LogP contribution in [0.4, 0.5) is 4.79 Å². The van der Waals surface area contributed by atoms with Crippen molar-refractivity contribution in [3.63, 3.8) is 0 Å². The monoisotopic (exact) mass is 391 g/mol. The van der Waals surface area contributed by atoms with E-state index >= 15 is 0 Å². The molecule has 0 bridgehead atoms. The summed E-state index contributed by atoms with van der Waals surface area (Å²) in [5.41, 5.74) is 3.26. The highest BCUT2D eigenvalue weighted by molar-refractivity contribution is 8.18. The quantitative estimate of drug-likeness (QED) is 0.610. The molecule has 2 amide bonds. The van der Waals surface area contributed by atoms with E-state index in [0.29, 0.717) is 4.91 Å². The molecule has 0 atom stereocenters. The number of hydrogen-bond donors (Lipinski definition) is 0. The van der Waals surface area contributed by atoms with E-state index in [2.05, 4.69) is 29.0 Å². The molecule has 5 nitrogen and oxygen atoms in total. The predicted octanol–water partition coefficient (Wildman–Crippen LogP) is 4.25. The van der Waals surface area contributed by atoms with E-state index in [9.17, 15) is 9.59 Å². The Bertz CT molecular complexity index is 1070. The predicted molar refractivity (Wildman–Crippen MR) is 114 cm³/mol. The molecule has 0 N–H and O–H groups in total. The minimum Gasteiger partial charge on any atom is -0.342 e. The fraction of sp³-hybridized carbons (Fsp3) is 0.182. The second-order valence-corrected chi connectivity index (χ2v) is 8.04. The Hall–Kier alpha value is -2.83. The maximum atomic E-state index is 12.7. The molecule has 0 radical (unpaired) electrons. The molecule has 0 aliphatic carbocycles. The summed E-state index contributed by atoms with van der Waals surface area (Å²) in [4.78, 5) is 28.5. The summed E-state index contributed by atoms with van der Waals surface area (Å²) in [6, 6.07) is 18.4. The molecule has 0 spiro atoms. The summed E-state index contributed by atoms with van der Waals surface area (Å²) in [6.07, 6.45) is 3.89. The lowest BCUT2D eigenvalue weighted by Crippen LogP contribution is -2.36. The zero-order chi connectivity index (χ0) is 19.7. The van der Waals surface area contributed by atoms with Crippen molar-refractivity contribution in [3.05, 3.63) is 76.8 Å². The van der Waals surface area contributed by atoms with Crippen molar-refractivity contribution >= 4 is 39.9 Å². The van der Waals surface area contributed by atoms with Crippen LogP contribution in [-0.4, -0.2) is 46.3 Å². The van der Waals surface area contributed by atoms with Gasteiger partial charge in [0, 0.05) is 29.2 Å². The molecular weight excluding hydrogens is 370 g/mol. The van der Waals surface area contributed by atoms with Gasteiger partial charge in [-0.1, -0.05) is 48.5 Å². The van der Waals surface area contributed by atoms with Gasteiger partial charge in [-0.3, -0.25) is 19.4 Å². The molecule has 1 aliphatic heterocycles. The number of benzene rings is 2. The minimum atomic E-state index is -0.233. The van der Waals surface area contributed by atoms with Gasteiger partial charge in [-0.2, -0.15) is 0 Å². The van der Waals surface area contributed by atoms with Crippen molar-refractivity contribution in [1.82, 2.24) is 14.4 Å². The Balaban J connectivity index is 1.71. The average molecular weight is 391 g/mol. The minimum absolute atomic E-state index is 0.224. The van der Waals surface area contributed by atoms with E-state index in [1.807, 2.05) is 61.5 Å². The van der Waals surface area contributed by atoms with Crippen LogP contribution in [0.2, 0.25) is 0 Å². The van der Waals surface area contributed by atoms with Gasteiger partial charge in [0.15, 0.2) is 0 Å². The topological polar surface area (TPSA) is 45.5 Å². The van der Waals surface area contributed by atoms with E-state index in [-0.39, 0.29) is 17.8 Å². The largest absolute Gasteiger partial charge is 0.342 e. The Morgan fingerprint density at radius 3 is 2.46 bits per heavy atom. The van der Waals surface area contributed by atoms with E-state index in [1.54, 1.807) is 0 Å². The van der Waals surface area contributed by atoms with Crippen molar-refractivity contribution in [2.45, 2.75) is 6.54 Å². The van der Waals surface area contributed by atoms with Crippen molar-refractivity contribution in [2.24, 2.45) is 0 Å². The van der Waals surface area contributed by atoms with Crippen LogP contribution in [-0.2, 0) is 11.3 Å². The number of aromatic nitrogens is 1. The van der Waals surface area contributed by atoms with Gasteiger partial charge in [0.2, 0.25) is 0 Å². The van der Waals surface area contributed by atoms with Gasteiger partial charge in [0.1, 0.15) is 0 Å². The highest BCUT2D eigenvalue weighted by Crippen LogP contribution is 2.34. The molecule has 1 saturated heterocycles. The van der Waals surface area contributed by atoms with Gasteiger partial charge in [0.05, 0.1) is 11.6 Å². The fourth-order valence-corrected chi connectivity index (χ4v) is 4.17. The Morgan fingerprint density at radius 2 is 1.71 bits per heavy atom. The second-order valence-electron chi connectivity index (χ2n) is 7.05. The van der Waals surface area contributed by atoms with Crippen molar-refractivity contribution < 1.29 is 9.59 Å². The van der Waals surface area contributed by atoms with Crippen LogP contribution in [0.25, 0.3) is 17.0 Å². The molecule has 28 heavy (non-hydrogen) atoms. The first kappa shape index (κ1) is 18.5. The Kier molecular flexibility index (Phi) is 5.07. The summed E-state index contributed by atoms with van der Waals surface area (Å²) >= 11 is 1.00. The van der Waals surface area contributed by atoms with Crippen LogP contribution >= 0.6 is 11.8 Å². The van der Waals surface area contributed by atoms with Crippen LogP contribution in [0.5, 0.6) is 0 Å². The van der Waals surface area contributed by atoms with Gasteiger partial charge in [0.25, 0.3) is 11.1 Å². The molecule has 1 aromatic heterocycles. The van der Waals surface area contributed by atoms with Crippen LogP contribution in [0.1, 0.15) is 11.1 Å². The number of amides is 2. The van der Waals surface area contributed by atoms with E-state index in [0.717, 1.165) is 34.8 Å². The van der Waals surface area contributed by atoms with Crippen LogP contribution in [0.15, 0.2) is 65.7 Å². The van der Waals surface area contributed by atoms with Crippen LogP contribution in [0, 0.1) is 0 Å². The SMILES string of the molecule is CN(C)CN1C(=O)SC(=Cc2cn(Cc3ccccc3)c3ccccc23)C1=O. The van der Waals surface area contributed by atoms with E-state index < -0.39 is 0 Å². The lowest BCUT2D eigenvalue weighted by atomic mass is 10.1. The molecular formula is C22H21N3O2S. The lowest BCUT2D eigenvalue weighted by molar-refractivity contribution is -0.123. The smallest absolute Gasteiger partial charge is 0.294 e. The van der Waals surface area contributed by atoms with E-state index in [4.69, 9.17) is 0 Å². The summed E-state index contributed by atoms with van der Waals surface area (Å²) in [5, 5.41) is 0.843. The number of hydrogen-bond acceptors (Lipinski definition) is 4. The van der Waals surface area contributed by atoms with Gasteiger partial charge >= 0.3 is 0 Å². The second kappa shape index (κ2) is 7.66. The van der Waals surface area contributed by atoms with Crippen molar-refractivity contribution in [3.8, 4) is 0 Å². The van der Waals surface area contributed by atoms with Gasteiger partial charge < -0.3 is 4.57 Å². The highest BCUT2D eigenvalue weighted by atomic mass is 32.2. The third kappa shape index (κ3) is 3.61. The first-order chi connectivity index (χ1) is 13.5. The molecule has 0 saturated carbocycles. The van der Waals surface area contributed by atoms with Gasteiger partial charge in [-0.05, 0) is 43.6 Å². The number of carbonyl (C=O) groups is 2. The number of para-hydroxylation sites is 1. The normalized spacial score (nSPS) is 16.1. The fourth-order valence-electron chi connectivity index (χ4n) is 3.35. The first-order valence-electron chi connectivity index (χ1n) is 9.05. The van der Waals surface area contributed by atoms with Gasteiger partial charge in [-0.15, -0.1) is 0 Å². The highest BCUT2D eigenvalue weighted by Gasteiger charge is 2.35. The molecule has 2 aromatic carbocycles. The summed E-state index contributed by atoms with van der Waals surface area (Å²) in [7, 11) is 3.67. The molecule has 3 aromatic rings. The molecule has 6 heteroatoms. The molecule has 4 rings (SSSR count). The Labute approximate surface area is 168 Å². The Morgan fingerprint density at radius 1 is 1.00 bits per heavy atom. The van der Waals surface area contributed by atoms with Crippen LogP contribution in [0.3, 0.4) is 0 Å². The maximum absolute atomic E-state index is 12.7. The zero-order valence-corrected chi connectivity index (χ0v) is 16.6. The zero-order valence-electron chi connectivity index (χ0n) is 15.8. The number of carbonyl (C=O) groups excluding carboxylic acids is 2. The molecule has 1 aliphatic rings. The standard InChI is InChI=1S/C22H21N3O2S/c1-23(2)15-25-21(26)20(28-22(25)27)12-17-14-24(13-16-8-4-3-5-9-16)19-11-7-6-10-18(17)19/h3-12,14H,13,15H2,1-2H3. The third-order valence-electron chi connectivity index (χ3n) is 4.60. The number of nitrogens with zero attached hydrogens (tertiary/aromatic N) is 3. The lowest BCUT2D eigenvalue weighted by Gasteiger charge is -2.17. The summed E-state index contributed by atoms with van der Waals surface area (Å²) in [6.45, 7) is 1.04.